The second kappa shape index (κ2) is 7.35. The lowest BCUT2D eigenvalue weighted by atomic mass is 9.96. The molecular weight excluding hydrogens is 318 g/mol. The number of hydrogen-bond donors (Lipinski definition) is 1. The molecule has 0 fully saturated rings. The van der Waals surface area contributed by atoms with Crippen LogP contribution in [-0.2, 0) is 22.4 Å². The van der Waals surface area contributed by atoms with Gasteiger partial charge in [-0.15, -0.1) is 23.1 Å². The number of fused-ring (bicyclic) bond motifs is 1. The fourth-order valence-corrected chi connectivity index (χ4v) is 4.23. The molecule has 1 aromatic heterocycles. The third kappa shape index (κ3) is 3.11. The maximum absolute atomic E-state index is 11.7. The van der Waals surface area contributed by atoms with Crippen LogP contribution in [0.5, 0.6) is 0 Å². The molecule has 0 aliphatic heterocycles. The van der Waals surface area contributed by atoms with Crippen molar-refractivity contribution in [3.8, 4) is 12.1 Å². The fourth-order valence-electron chi connectivity index (χ4n) is 2.38. The van der Waals surface area contributed by atoms with Crippen LogP contribution in [0.25, 0.3) is 0 Å². The summed E-state index contributed by atoms with van der Waals surface area (Å²) in [5.74, 6) is -0.681. The van der Waals surface area contributed by atoms with Gasteiger partial charge < -0.3 is 10.1 Å². The number of thiophene rings is 1. The lowest BCUT2D eigenvalue weighted by Crippen LogP contribution is -2.09. The van der Waals surface area contributed by atoms with Gasteiger partial charge in [-0.25, -0.2) is 4.79 Å². The van der Waals surface area contributed by atoms with Crippen molar-refractivity contribution >= 4 is 34.1 Å². The molecule has 0 radical (unpaired) electrons. The summed E-state index contributed by atoms with van der Waals surface area (Å²) in [5, 5.41) is 22.8. The van der Waals surface area contributed by atoms with Gasteiger partial charge in [0.1, 0.15) is 17.1 Å². The number of nitriles is 2. The highest BCUT2D eigenvalue weighted by molar-refractivity contribution is 8.02. The standard InChI is InChI=1S/C15H15N3O2S2/c1-20-15(19)11(8-17)13(21-2)18-14-10(7-16)9-5-3-4-6-12(9)22-14/h18H,3-6H2,1-2H3/b13-11-. The number of aryl methyl sites for hydroxylation is 1. The van der Waals surface area contributed by atoms with Crippen molar-refractivity contribution in [3.05, 3.63) is 26.6 Å². The maximum atomic E-state index is 11.7. The van der Waals surface area contributed by atoms with Crippen LogP contribution in [0.4, 0.5) is 5.00 Å². The number of esters is 1. The summed E-state index contributed by atoms with van der Waals surface area (Å²) in [7, 11) is 1.24. The van der Waals surface area contributed by atoms with Crippen LogP contribution in [0.2, 0.25) is 0 Å². The summed E-state index contributed by atoms with van der Waals surface area (Å²) < 4.78 is 4.63. The Bertz CT molecular complexity index is 708. The molecule has 22 heavy (non-hydrogen) atoms. The minimum Gasteiger partial charge on any atom is -0.465 e. The zero-order valence-corrected chi connectivity index (χ0v) is 14.0. The van der Waals surface area contributed by atoms with Crippen molar-refractivity contribution in [1.82, 2.24) is 0 Å². The number of thioether (sulfide) groups is 1. The van der Waals surface area contributed by atoms with E-state index in [1.807, 2.05) is 6.07 Å². The van der Waals surface area contributed by atoms with Crippen LogP contribution in [-0.4, -0.2) is 19.3 Å². The van der Waals surface area contributed by atoms with E-state index >= 15 is 0 Å². The summed E-state index contributed by atoms with van der Waals surface area (Å²) in [4.78, 5) is 12.9. The predicted molar refractivity (Wildman–Crippen MR) is 87.5 cm³/mol. The first-order valence-electron chi connectivity index (χ1n) is 6.74. The van der Waals surface area contributed by atoms with Crippen LogP contribution in [0, 0.1) is 22.7 Å². The van der Waals surface area contributed by atoms with E-state index in [1.165, 1.54) is 35.1 Å². The zero-order chi connectivity index (χ0) is 16.1. The van der Waals surface area contributed by atoms with E-state index in [0.29, 0.717) is 15.6 Å². The minimum absolute atomic E-state index is 0.0785. The van der Waals surface area contributed by atoms with Crippen molar-refractivity contribution < 1.29 is 9.53 Å². The molecule has 1 heterocycles. The number of nitrogens with one attached hydrogen (secondary N) is 1. The molecule has 0 saturated heterocycles. The lowest BCUT2D eigenvalue weighted by molar-refractivity contribution is -0.135. The van der Waals surface area contributed by atoms with Crippen molar-refractivity contribution in [2.45, 2.75) is 25.7 Å². The largest absolute Gasteiger partial charge is 0.465 e. The second-order valence-corrected chi connectivity index (χ2v) is 6.59. The molecule has 0 saturated carbocycles. The maximum Gasteiger partial charge on any atom is 0.351 e. The monoisotopic (exact) mass is 333 g/mol. The Hall–Kier alpha value is -1.96. The summed E-state index contributed by atoms with van der Waals surface area (Å²) in [5.41, 5.74) is 1.66. The number of carbonyl (C=O) groups excluding carboxylic acids is 1. The van der Waals surface area contributed by atoms with E-state index in [9.17, 15) is 15.3 Å². The predicted octanol–water partition coefficient (Wildman–Crippen LogP) is 3.18. The highest BCUT2D eigenvalue weighted by Gasteiger charge is 2.23. The molecule has 1 N–H and O–H groups in total. The van der Waals surface area contributed by atoms with Gasteiger partial charge in [-0.05, 0) is 37.5 Å². The molecule has 0 unspecified atom stereocenters. The molecule has 0 aromatic carbocycles. The summed E-state index contributed by atoms with van der Waals surface area (Å²) >= 11 is 2.78. The first-order valence-corrected chi connectivity index (χ1v) is 8.78. The van der Waals surface area contributed by atoms with Gasteiger partial charge in [0.2, 0.25) is 0 Å². The summed E-state index contributed by atoms with van der Waals surface area (Å²) in [6.07, 6.45) is 5.89. The summed E-state index contributed by atoms with van der Waals surface area (Å²) in [6.45, 7) is 0. The average molecular weight is 333 g/mol. The van der Waals surface area contributed by atoms with Gasteiger partial charge in [0, 0.05) is 4.88 Å². The Morgan fingerprint density at radius 1 is 1.36 bits per heavy atom. The van der Waals surface area contributed by atoms with Crippen molar-refractivity contribution in [2.24, 2.45) is 0 Å². The Morgan fingerprint density at radius 2 is 2.09 bits per heavy atom. The number of rotatable bonds is 4. The number of methoxy groups -OCH3 is 1. The number of anilines is 1. The van der Waals surface area contributed by atoms with Gasteiger partial charge in [0.15, 0.2) is 5.57 Å². The van der Waals surface area contributed by atoms with E-state index in [2.05, 4.69) is 16.1 Å². The quantitative estimate of drug-likeness (QED) is 0.517. The molecule has 114 valence electrons. The smallest absolute Gasteiger partial charge is 0.351 e. The van der Waals surface area contributed by atoms with Crippen LogP contribution in [0.15, 0.2) is 10.6 Å². The minimum atomic E-state index is -0.681. The Morgan fingerprint density at radius 3 is 2.68 bits per heavy atom. The van der Waals surface area contributed by atoms with Crippen LogP contribution < -0.4 is 5.32 Å². The van der Waals surface area contributed by atoms with Gasteiger partial charge in [0.05, 0.1) is 17.7 Å². The normalized spacial score (nSPS) is 14.2. The first kappa shape index (κ1) is 16.4. The van der Waals surface area contributed by atoms with Crippen molar-refractivity contribution in [3.63, 3.8) is 0 Å². The van der Waals surface area contributed by atoms with Crippen LogP contribution in [0.3, 0.4) is 0 Å². The first-order chi connectivity index (χ1) is 10.7. The number of carbonyl (C=O) groups is 1. The molecule has 1 aromatic rings. The number of hydrogen-bond acceptors (Lipinski definition) is 7. The molecule has 0 atom stereocenters. The number of ether oxygens (including phenoxy) is 1. The topological polar surface area (TPSA) is 85.9 Å². The number of nitrogens with zero attached hydrogens (tertiary/aromatic N) is 2. The average Bonchev–Trinajstić information content (AvgIpc) is 2.91. The molecule has 0 spiro atoms. The third-order valence-corrected chi connectivity index (χ3v) is 5.36. The molecule has 5 nitrogen and oxygen atoms in total. The summed E-state index contributed by atoms with van der Waals surface area (Å²) in [6, 6.07) is 4.12. The van der Waals surface area contributed by atoms with E-state index in [0.717, 1.165) is 31.2 Å². The SMILES string of the molecule is COC(=O)/C(C#N)=C(/Nc1sc2c(c1C#N)CCCC2)SC. The molecule has 7 heteroatoms. The Balaban J connectivity index is 2.43. The van der Waals surface area contributed by atoms with Crippen LogP contribution >= 0.6 is 23.1 Å². The highest BCUT2D eigenvalue weighted by atomic mass is 32.2. The fraction of sp³-hybridized carbons (Fsp3) is 0.400. The van der Waals surface area contributed by atoms with E-state index < -0.39 is 5.97 Å². The van der Waals surface area contributed by atoms with E-state index in [-0.39, 0.29) is 5.57 Å². The molecule has 1 aliphatic rings. The van der Waals surface area contributed by atoms with Crippen LogP contribution in [0.1, 0.15) is 28.8 Å². The molecule has 2 rings (SSSR count). The highest BCUT2D eigenvalue weighted by Crippen LogP contribution is 2.39. The molecule has 0 bridgehead atoms. The lowest BCUT2D eigenvalue weighted by Gasteiger charge is -2.10. The van der Waals surface area contributed by atoms with Gasteiger partial charge in [-0.2, -0.15) is 10.5 Å². The van der Waals surface area contributed by atoms with E-state index in [4.69, 9.17) is 0 Å². The van der Waals surface area contributed by atoms with Gasteiger partial charge >= 0.3 is 5.97 Å². The van der Waals surface area contributed by atoms with Crippen molar-refractivity contribution in [1.29, 1.82) is 10.5 Å². The van der Waals surface area contributed by atoms with E-state index in [1.54, 1.807) is 6.26 Å². The molecular formula is C15H15N3O2S2. The zero-order valence-electron chi connectivity index (χ0n) is 12.4. The van der Waals surface area contributed by atoms with Gasteiger partial charge in [-0.1, -0.05) is 0 Å². The third-order valence-electron chi connectivity index (χ3n) is 3.44. The van der Waals surface area contributed by atoms with Gasteiger partial charge in [-0.3, -0.25) is 0 Å². The molecule has 1 aliphatic carbocycles. The Labute approximate surface area is 137 Å². The van der Waals surface area contributed by atoms with Crippen molar-refractivity contribution in [2.75, 3.05) is 18.7 Å². The second-order valence-electron chi connectivity index (χ2n) is 4.66. The Kier molecular flexibility index (Phi) is 5.48. The molecule has 0 amide bonds. The van der Waals surface area contributed by atoms with Gasteiger partial charge in [0.25, 0.3) is 0 Å².